The Morgan fingerprint density at radius 2 is 2.17 bits per heavy atom. The van der Waals surface area contributed by atoms with E-state index in [-0.39, 0.29) is 0 Å². The third-order valence-corrected chi connectivity index (χ3v) is 3.75. The van der Waals surface area contributed by atoms with Crippen molar-refractivity contribution in [2.75, 3.05) is 6.54 Å². The van der Waals surface area contributed by atoms with Gasteiger partial charge in [0.2, 0.25) is 0 Å². The van der Waals surface area contributed by atoms with E-state index in [0.717, 1.165) is 32.2 Å². The van der Waals surface area contributed by atoms with Crippen LogP contribution in [0, 0.1) is 12.3 Å². The lowest BCUT2D eigenvalue weighted by Gasteiger charge is -2.19. The summed E-state index contributed by atoms with van der Waals surface area (Å²) in [5.74, 6) is 2.72. The van der Waals surface area contributed by atoms with Crippen molar-refractivity contribution >= 4 is 15.9 Å². The fraction of sp³-hybridized carbons (Fsp3) is 0.500. The van der Waals surface area contributed by atoms with Crippen LogP contribution in [0.25, 0.3) is 0 Å². The fourth-order valence-electron chi connectivity index (χ4n) is 2.00. The molecule has 0 amide bonds. The van der Waals surface area contributed by atoms with Gasteiger partial charge in [-0.15, -0.1) is 12.3 Å². The summed E-state index contributed by atoms with van der Waals surface area (Å²) >= 11 is 3.61. The molecular formula is C16H22BrN. The summed E-state index contributed by atoms with van der Waals surface area (Å²) in [6.45, 7) is 3.27. The molecule has 1 atom stereocenters. The van der Waals surface area contributed by atoms with Crippen LogP contribution in [-0.4, -0.2) is 12.6 Å². The second-order valence-electron chi connectivity index (χ2n) is 4.54. The van der Waals surface area contributed by atoms with Crippen molar-refractivity contribution in [3.8, 4) is 12.3 Å². The quantitative estimate of drug-likeness (QED) is 0.561. The van der Waals surface area contributed by atoms with Gasteiger partial charge in [-0.3, -0.25) is 0 Å². The van der Waals surface area contributed by atoms with Crippen molar-refractivity contribution in [2.24, 2.45) is 0 Å². The Morgan fingerprint density at radius 1 is 1.39 bits per heavy atom. The van der Waals surface area contributed by atoms with Crippen molar-refractivity contribution in [3.05, 3.63) is 34.3 Å². The number of unbranched alkanes of at least 4 members (excludes halogenated alkanes) is 1. The molecule has 0 aliphatic rings. The number of benzene rings is 1. The van der Waals surface area contributed by atoms with Crippen LogP contribution < -0.4 is 5.32 Å². The minimum Gasteiger partial charge on any atom is -0.314 e. The predicted molar refractivity (Wildman–Crippen MR) is 82.6 cm³/mol. The highest BCUT2D eigenvalue weighted by Gasteiger charge is 2.10. The second-order valence-corrected chi connectivity index (χ2v) is 5.40. The zero-order valence-corrected chi connectivity index (χ0v) is 12.7. The van der Waals surface area contributed by atoms with Crippen molar-refractivity contribution in [1.82, 2.24) is 5.32 Å². The van der Waals surface area contributed by atoms with E-state index in [4.69, 9.17) is 6.42 Å². The van der Waals surface area contributed by atoms with Crippen LogP contribution >= 0.6 is 15.9 Å². The van der Waals surface area contributed by atoms with Crippen molar-refractivity contribution in [2.45, 2.75) is 45.1 Å². The molecule has 1 nitrogen and oxygen atoms in total. The normalized spacial score (nSPS) is 12.1. The predicted octanol–water partition coefficient (Wildman–Crippen LogP) is 4.16. The first-order valence-electron chi connectivity index (χ1n) is 6.68. The SMILES string of the molecule is C#CCCCC(Cc1ccccc1Br)NCCC. The molecule has 0 radical (unpaired) electrons. The number of rotatable bonds is 8. The van der Waals surface area contributed by atoms with Crippen LogP contribution in [0.5, 0.6) is 0 Å². The highest BCUT2D eigenvalue weighted by atomic mass is 79.9. The Kier molecular flexibility index (Phi) is 7.80. The number of halogens is 1. The number of hydrogen-bond donors (Lipinski definition) is 1. The fourth-order valence-corrected chi connectivity index (χ4v) is 2.45. The third kappa shape index (κ3) is 5.71. The van der Waals surface area contributed by atoms with Crippen LogP contribution in [0.15, 0.2) is 28.7 Å². The maximum atomic E-state index is 5.31. The van der Waals surface area contributed by atoms with Crippen LogP contribution in [-0.2, 0) is 6.42 Å². The minimum atomic E-state index is 0.525. The Balaban J connectivity index is 2.54. The van der Waals surface area contributed by atoms with Crippen LogP contribution in [0.2, 0.25) is 0 Å². The highest BCUT2D eigenvalue weighted by Crippen LogP contribution is 2.19. The smallest absolute Gasteiger partial charge is 0.0207 e. The summed E-state index contributed by atoms with van der Waals surface area (Å²) < 4.78 is 1.20. The van der Waals surface area contributed by atoms with E-state index in [1.54, 1.807) is 0 Å². The van der Waals surface area contributed by atoms with E-state index in [0.29, 0.717) is 6.04 Å². The van der Waals surface area contributed by atoms with Gasteiger partial charge in [-0.1, -0.05) is 41.1 Å². The Bertz CT molecular complexity index is 381. The molecule has 1 rings (SSSR count). The van der Waals surface area contributed by atoms with E-state index in [9.17, 15) is 0 Å². The molecule has 0 saturated heterocycles. The summed E-state index contributed by atoms with van der Waals surface area (Å²) in [7, 11) is 0. The van der Waals surface area contributed by atoms with E-state index >= 15 is 0 Å². The molecule has 0 saturated carbocycles. The molecular weight excluding hydrogens is 286 g/mol. The molecule has 0 aliphatic heterocycles. The number of terminal acetylenes is 1. The van der Waals surface area contributed by atoms with Crippen molar-refractivity contribution in [1.29, 1.82) is 0 Å². The van der Waals surface area contributed by atoms with Crippen molar-refractivity contribution in [3.63, 3.8) is 0 Å². The molecule has 98 valence electrons. The molecule has 18 heavy (non-hydrogen) atoms. The number of hydrogen-bond acceptors (Lipinski definition) is 1. The van der Waals surface area contributed by atoms with E-state index in [2.05, 4.69) is 58.4 Å². The van der Waals surface area contributed by atoms with Gasteiger partial charge in [0.15, 0.2) is 0 Å². The second kappa shape index (κ2) is 9.19. The first kappa shape index (κ1) is 15.3. The molecule has 0 heterocycles. The van der Waals surface area contributed by atoms with Gasteiger partial charge in [0.25, 0.3) is 0 Å². The number of nitrogens with one attached hydrogen (secondary N) is 1. The van der Waals surface area contributed by atoms with Crippen molar-refractivity contribution < 1.29 is 0 Å². The zero-order chi connectivity index (χ0) is 13.2. The molecule has 1 aromatic rings. The lowest BCUT2D eigenvalue weighted by molar-refractivity contribution is 0.467. The van der Waals surface area contributed by atoms with Gasteiger partial charge >= 0.3 is 0 Å². The van der Waals surface area contributed by atoms with E-state index < -0.39 is 0 Å². The Labute approximate surface area is 119 Å². The monoisotopic (exact) mass is 307 g/mol. The van der Waals surface area contributed by atoms with E-state index in [1.807, 2.05) is 0 Å². The largest absolute Gasteiger partial charge is 0.314 e. The van der Waals surface area contributed by atoms with Gasteiger partial charge < -0.3 is 5.32 Å². The van der Waals surface area contributed by atoms with Gasteiger partial charge in [-0.05, 0) is 43.9 Å². The molecule has 1 aromatic carbocycles. The summed E-state index contributed by atoms with van der Waals surface area (Å²) in [6.07, 6.45) is 10.7. The average molecular weight is 308 g/mol. The summed E-state index contributed by atoms with van der Waals surface area (Å²) in [4.78, 5) is 0. The molecule has 0 fully saturated rings. The van der Waals surface area contributed by atoms with Crippen LogP contribution in [0.4, 0.5) is 0 Å². The van der Waals surface area contributed by atoms with Gasteiger partial charge in [0, 0.05) is 16.9 Å². The average Bonchev–Trinajstić information content (AvgIpc) is 2.38. The zero-order valence-electron chi connectivity index (χ0n) is 11.1. The highest BCUT2D eigenvalue weighted by molar-refractivity contribution is 9.10. The molecule has 1 unspecified atom stereocenters. The topological polar surface area (TPSA) is 12.0 Å². The lowest BCUT2D eigenvalue weighted by atomic mass is 10.0. The molecule has 2 heteroatoms. The van der Waals surface area contributed by atoms with Gasteiger partial charge in [-0.25, -0.2) is 0 Å². The third-order valence-electron chi connectivity index (χ3n) is 2.98. The maximum Gasteiger partial charge on any atom is 0.0207 e. The lowest BCUT2D eigenvalue weighted by Crippen LogP contribution is -2.31. The summed E-state index contributed by atoms with van der Waals surface area (Å²) in [5, 5.41) is 3.61. The minimum absolute atomic E-state index is 0.525. The van der Waals surface area contributed by atoms with E-state index in [1.165, 1.54) is 16.5 Å². The Morgan fingerprint density at radius 3 is 2.83 bits per heavy atom. The van der Waals surface area contributed by atoms with Gasteiger partial charge in [0.05, 0.1) is 0 Å². The van der Waals surface area contributed by atoms with Gasteiger partial charge in [0.1, 0.15) is 0 Å². The summed E-state index contributed by atoms with van der Waals surface area (Å²) in [6, 6.07) is 8.97. The summed E-state index contributed by atoms with van der Waals surface area (Å²) in [5.41, 5.74) is 1.37. The molecule has 0 aliphatic carbocycles. The van der Waals surface area contributed by atoms with Crippen LogP contribution in [0.1, 0.15) is 38.2 Å². The molecule has 0 bridgehead atoms. The first-order chi connectivity index (χ1) is 8.77. The first-order valence-corrected chi connectivity index (χ1v) is 7.47. The standard InChI is InChI=1S/C16H22BrN/c1-3-5-6-10-15(18-12-4-2)13-14-9-7-8-11-16(14)17/h1,7-9,11,15,18H,4-6,10,12-13H2,2H3. The molecule has 1 N–H and O–H groups in total. The molecule has 0 spiro atoms. The molecule has 0 aromatic heterocycles. The Hall–Kier alpha value is -0.780. The van der Waals surface area contributed by atoms with Crippen LogP contribution in [0.3, 0.4) is 0 Å². The maximum absolute atomic E-state index is 5.31. The van der Waals surface area contributed by atoms with Gasteiger partial charge in [-0.2, -0.15) is 0 Å².